The topological polar surface area (TPSA) is 63.3 Å². The fourth-order valence-corrected chi connectivity index (χ4v) is 2.47. The van der Waals surface area contributed by atoms with Crippen LogP contribution in [0.4, 0.5) is 5.69 Å². The fraction of sp³-hybridized carbons (Fsp3) is 0.158. The van der Waals surface area contributed by atoms with Gasteiger partial charge in [-0.15, -0.1) is 24.0 Å². The van der Waals surface area contributed by atoms with Crippen LogP contribution in [0.15, 0.2) is 59.7 Å². The number of hydrogen-bond acceptors (Lipinski definition) is 2. The van der Waals surface area contributed by atoms with Gasteiger partial charge in [0.1, 0.15) is 0 Å². The molecule has 0 bridgehead atoms. The van der Waals surface area contributed by atoms with Crippen molar-refractivity contribution < 1.29 is 0 Å². The number of para-hydroxylation sites is 1. The van der Waals surface area contributed by atoms with Crippen molar-refractivity contribution in [3.05, 3.63) is 71.4 Å². The van der Waals surface area contributed by atoms with E-state index in [1.807, 2.05) is 36.4 Å². The number of aromatic nitrogens is 1. The molecule has 0 radical (unpaired) electrons. The van der Waals surface area contributed by atoms with E-state index in [1.54, 1.807) is 6.20 Å². The van der Waals surface area contributed by atoms with E-state index in [0.29, 0.717) is 12.5 Å². The smallest absolute Gasteiger partial charge is 0.193 e. The van der Waals surface area contributed by atoms with E-state index >= 15 is 0 Å². The van der Waals surface area contributed by atoms with Gasteiger partial charge in [-0.25, -0.2) is 4.99 Å². The van der Waals surface area contributed by atoms with Crippen LogP contribution in [0.25, 0.3) is 10.9 Å². The molecule has 124 valence electrons. The molecule has 0 fully saturated rings. The number of nitrogens with one attached hydrogen (secondary N) is 1. The summed E-state index contributed by atoms with van der Waals surface area (Å²) in [5.41, 5.74) is 11.5. The van der Waals surface area contributed by atoms with Gasteiger partial charge in [0.2, 0.25) is 0 Å². The van der Waals surface area contributed by atoms with Crippen molar-refractivity contribution in [1.29, 1.82) is 0 Å². The summed E-state index contributed by atoms with van der Waals surface area (Å²) in [7, 11) is 0. The average Bonchev–Trinajstić information content (AvgIpc) is 2.56. The van der Waals surface area contributed by atoms with Gasteiger partial charge in [0, 0.05) is 17.3 Å². The molecular formula is C19H21IN4. The summed E-state index contributed by atoms with van der Waals surface area (Å²) in [5, 5.41) is 4.25. The van der Waals surface area contributed by atoms with Crippen molar-refractivity contribution in [3.8, 4) is 0 Å². The lowest BCUT2D eigenvalue weighted by atomic mass is 10.1. The Morgan fingerprint density at radius 1 is 1.08 bits per heavy atom. The van der Waals surface area contributed by atoms with Gasteiger partial charge >= 0.3 is 0 Å². The molecular weight excluding hydrogens is 411 g/mol. The van der Waals surface area contributed by atoms with Gasteiger partial charge in [0.25, 0.3) is 0 Å². The first kappa shape index (κ1) is 18.2. The number of rotatable bonds is 3. The zero-order chi connectivity index (χ0) is 16.2. The monoisotopic (exact) mass is 432 g/mol. The lowest BCUT2D eigenvalue weighted by Crippen LogP contribution is -2.22. The summed E-state index contributed by atoms with van der Waals surface area (Å²) in [6.07, 6.45) is 1.80. The summed E-state index contributed by atoms with van der Waals surface area (Å²) in [6.45, 7) is 4.66. The summed E-state index contributed by atoms with van der Waals surface area (Å²) in [6, 6.07) is 16.2. The molecule has 0 aliphatic heterocycles. The maximum absolute atomic E-state index is 6.00. The van der Waals surface area contributed by atoms with Crippen molar-refractivity contribution >= 4 is 46.5 Å². The van der Waals surface area contributed by atoms with Crippen molar-refractivity contribution in [2.45, 2.75) is 20.4 Å². The minimum atomic E-state index is 0. The molecule has 0 aliphatic carbocycles. The Morgan fingerprint density at radius 3 is 2.67 bits per heavy atom. The van der Waals surface area contributed by atoms with Crippen molar-refractivity contribution in [2.75, 3.05) is 5.32 Å². The zero-order valence-electron chi connectivity index (χ0n) is 13.8. The van der Waals surface area contributed by atoms with Gasteiger partial charge in [-0.2, -0.15) is 0 Å². The minimum Gasteiger partial charge on any atom is -0.370 e. The van der Waals surface area contributed by atoms with Crippen LogP contribution in [0.3, 0.4) is 0 Å². The average molecular weight is 432 g/mol. The molecule has 1 aromatic heterocycles. The molecule has 3 aromatic rings. The van der Waals surface area contributed by atoms with Gasteiger partial charge in [0.05, 0.1) is 12.1 Å². The number of halogens is 1. The molecule has 0 saturated heterocycles. The highest BCUT2D eigenvalue weighted by molar-refractivity contribution is 14.0. The second-order valence-corrected chi connectivity index (χ2v) is 5.62. The van der Waals surface area contributed by atoms with Gasteiger partial charge in [-0.3, -0.25) is 4.98 Å². The highest BCUT2D eigenvalue weighted by Crippen LogP contribution is 2.17. The van der Waals surface area contributed by atoms with Crippen LogP contribution in [-0.2, 0) is 6.54 Å². The fourth-order valence-electron chi connectivity index (χ4n) is 2.47. The maximum atomic E-state index is 6.00. The first-order valence-electron chi connectivity index (χ1n) is 7.60. The Morgan fingerprint density at radius 2 is 1.88 bits per heavy atom. The molecule has 5 heteroatoms. The molecule has 0 spiro atoms. The number of pyridine rings is 1. The van der Waals surface area contributed by atoms with E-state index in [0.717, 1.165) is 22.2 Å². The zero-order valence-corrected chi connectivity index (χ0v) is 16.1. The number of nitrogens with zero attached hydrogens (tertiary/aromatic N) is 2. The van der Waals surface area contributed by atoms with Crippen molar-refractivity contribution in [2.24, 2.45) is 10.7 Å². The molecule has 0 unspecified atom stereocenters. The normalized spacial score (nSPS) is 11.2. The van der Waals surface area contributed by atoms with E-state index < -0.39 is 0 Å². The quantitative estimate of drug-likeness (QED) is 0.367. The van der Waals surface area contributed by atoms with E-state index in [1.165, 1.54) is 11.1 Å². The second-order valence-electron chi connectivity index (χ2n) is 5.62. The standard InChI is InChI=1S/C19H20N4.HI/c1-13-8-9-17(11-14(13)2)23-19(20)22-12-16-6-3-5-15-7-4-10-21-18(15)16;/h3-11H,12H2,1-2H3,(H3,20,22,23);1H. The molecule has 0 atom stereocenters. The molecule has 3 N–H and O–H groups in total. The largest absolute Gasteiger partial charge is 0.370 e. The summed E-state index contributed by atoms with van der Waals surface area (Å²) in [5.74, 6) is 0.404. The van der Waals surface area contributed by atoms with Gasteiger partial charge in [-0.05, 0) is 48.7 Å². The predicted octanol–water partition coefficient (Wildman–Crippen LogP) is 4.40. The Labute approximate surface area is 159 Å². The van der Waals surface area contributed by atoms with Crippen LogP contribution in [0, 0.1) is 13.8 Å². The van der Waals surface area contributed by atoms with Gasteiger partial charge < -0.3 is 11.1 Å². The number of guanidine groups is 1. The van der Waals surface area contributed by atoms with Crippen LogP contribution >= 0.6 is 24.0 Å². The van der Waals surface area contributed by atoms with E-state index in [9.17, 15) is 0 Å². The molecule has 24 heavy (non-hydrogen) atoms. The third kappa shape index (κ3) is 4.23. The highest BCUT2D eigenvalue weighted by Gasteiger charge is 2.02. The number of hydrogen-bond donors (Lipinski definition) is 2. The third-order valence-electron chi connectivity index (χ3n) is 3.92. The molecule has 1 heterocycles. The molecule has 2 aromatic carbocycles. The predicted molar refractivity (Wildman–Crippen MR) is 112 cm³/mol. The highest BCUT2D eigenvalue weighted by atomic mass is 127. The number of aliphatic imine (C=N–C) groups is 1. The third-order valence-corrected chi connectivity index (χ3v) is 3.92. The SMILES string of the molecule is Cc1ccc(NC(N)=NCc2cccc3cccnc23)cc1C.I. The van der Waals surface area contributed by atoms with Gasteiger partial charge in [-0.1, -0.05) is 30.3 Å². The Kier molecular flexibility index (Phi) is 6.14. The van der Waals surface area contributed by atoms with Gasteiger partial charge in [0.15, 0.2) is 5.96 Å². The molecule has 0 saturated carbocycles. The number of aryl methyl sites for hydroxylation is 2. The molecule has 3 rings (SSSR count). The molecule has 0 amide bonds. The Bertz CT molecular complexity index is 869. The number of anilines is 1. The van der Waals surface area contributed by atoms with Crippen LogP contribution in [0.1, 0.15) is 16.7 Å². The van der Waals surface area contributed by atoms with Crippen LogP contribution in [-0.4, -0.2) is 10.9 Å². The number of fused-ring (bicyclic) bond motifs is 1. The first-order valence-corrected chi connectivity index (χ1v) is 7.60. The molecule has 0 aliphatic rings. The van der Waals surface area contributed by atoms with Crippen LogP contribution in [0.5, 0.6) is 0 Å². The summed E-state index contributed by atoms with van der Waals surface area (Å²) >= 11 is 0. The summed E-state index contributed by atoms with van der Waals surface area (Å²) in [4.78, 5) is 8.87. The van der Waals surface area contributed by atoms with Crippen molar-refractivity contribution in [1.82, 2.24) is 4.98 Å². The molecule has 4 nitrogen and oxygen atoms in total. The number of benzene rings is 2. The van der Waals surface area contributed by atoms with Crippen molar-refractivity contribution in [3.63, 3.8) is 0 Å². The van der Waals surface area contributed by atoms with Crippen LogP contribution < -0.4 is 11.1 Å². The lowest BCUT2D eigenvalue weighted by molar-refractivity contribution is 1.06. The number of nitrogens with two attached hydrogens (primary N) is 1. The van der Waals surface area contributed by atoms with E-state index in [2.05, 4.69) is 41.3 Å². The second kappa shape index (κ2) is 8.10. The van der Waals surface area contributed by atoms with E-state index in [4.69, 9.17) is 5.73 Å². The van der Waals surface area contributed by atoms with E-state index in [-0.39, 0.29) is 24.0 Å². The maximum Gasteiger partial charge on any atom is 0.193 e. The Balaban J connectivity index is 0.00000208. The summed E-state index contributed by atoms with van der Waals surface area (Å²) < 4.78 is 0. The van der Waals surface area contributed by atoms with Crippen LogP contribution in [0.2, 0.25) is 0 Å². The first-order chi connectivity index (χ1) is 11.1. The lowest BCUT2D eigenvalue weighted by Gasteiger charge is -2.08. The minimum absolute atomic E-state index is 0. The Hall–Kier alpha value is -2.15.